The lowest BCUT2D eigenvalue weighted by Crippen LogP contribution is -2.27. The van der Waals surface area contributed by atoms with Gasteiger partial charge in [0.2, 0.25) is 12.6 Å². The Kier molecular flexibility index (Phi) is 3.72. The second-order valence-corrected chi connectivity index (χ2v) is 1.26. The molecule has 0 aromatic carbocycles. The molecule has 4 nitrogen and oxygen atoms in total. The van der Waals surface area contributed by atoms with Gasteiger partial charge in [-0.2, -0.15) is 0 Å². The molecule has 0 fully saturated rings. The smallest absolute Gasteiger partial charge is 0.206 e. The Hall–Kier alpha value is -0.160. The van der Waals surface area contributed by atoms with Gasteiger partial charge < -0.3 is 20.1 Å². The van der Waals surface area contributed by atoms with Crippen LogP contribution in [0, 0.1) is 0 Å². The Bertz CT molecular complexity index is 54.0. The van der Waals surface area contributed by atoms with Crippen LogP contribution in [-0.2, 0) is 4.74 Å². The van der Waals surface area contributed by atoms with Crippen molar-refractivity contribution in [2.45, 2.75) is 19.5 Å². The minimum absolute atomic E-state index is 0.263. The van der Waals surface area contributed by atoms with E-state index in [1.165, 1.54) is 0 Å². The molecule has 0 saturated heterocycles. The Morgan fingerprint density at radius 1 is 1.38 bits per heavy atom. The van der Waals surface area contributed by atoms with Crippen molar-refractivity contribution in [1.82, 2.24) is 0 Å². The van der Waals surface area contributed by atoms with E-state index in [4.69, 9.17) is 15.3 Å². The number of aliphatic hydroxyl groups is 3. The normalized spacial score (nSPS) is 14.6. The van der Waals surface area contributed by atoms with E-state index in [0.717, 1.165) is 0 Å². The zero-order valence-corrected chi connectivity index (χ0v) is 4.61. The van der Waals surface area contributed by atoms with E-state index in [9.17, 15) is 0 Å². The summed E-state index contributed by atoms with van der Waals surface area (Å²) >= 11 is 0. The highest BCUT2D eigenvalue weighted by molar-refractivity contribution is 4.37. The molecule has 0 aliphatic carbocycles. The molecule has 50 valence electrons. The van der Waals surface area contributed by atoms with Crippen LogP contribution in [-0.4, -0.2) is 34.5 Å². The molecule has 0 heterocycles. The van der Waals surface area contributed by atoms with Crippen LogP contribution in [0.15, 0.2) is 0 Å². The molecule has 0 spiro atoms. The molecule has 0 aliphatic heterocycles. The monoisotopic (exact) mass is 122 g/mol. The van der Waals surface area contributed by atoms with Crippen molar-refractivity contribution in [1.29, 1.82) is 0 Å². The largest absolute Gasteiger partial charge is 0.364 e. The van der Waals surface area contributed by atoms with Gasteiger partial charge in [0.1, 0.15) is 0 Å². The van der Waals surface area contributed by atoms with Gasteiger partial charge >= 0.3 is 0 Å². The lowest BCUT2D eigenvalue weighted by atomic mass is 10.6. The maximum absolute atomic E-state index is 8.40. The summed E-state index contributed by atoms with van der Waals surface area (Å²) in [5.41, 5.74) is 0. The van der Waals surface area contributed by atoms with Gasteiger partial charge in [-0.1, -0.05) is 0 Å². The lowest BCUT2D eigenvalue weighted by molar-refractivity contribution is -0.229. The van der Waals surface area contributed by atoms with Crippen LogP contribution < -0.4 is 0 Å². The van der Waals surface area contributed by atoms with Gasteiger partial charge in [-0.05, 0) is 6.92 Å². The van der Waals surface area contributed by atoms with Crippen molar-refractivity contribution in [3.05, 3.63) is 0 Å². The van der Waals surface area contributed by atoms with E-state index in [1.54, 1.807) is 6.92 Å². The van der Waals surface area contributed by atoms with E-state index in [2.05, 4.69) is 4.74 Å². The molecule has 0 saturated carbocycles. The van der Waals surface area contributed by atoms with Gasteiger partial charge in [-0.25, -0.2) is 0 Å². The molecule has 1 unspecified atom stereocenters. The van der Waals surface area contributed by atoms with Crippen molar-refractivity contribution in [2.75, 3.05) is 6.61 Å². The third-order valence-corrected chi connectivity index (χ3v) is 0.592. The summed E-state index contributed by atoms with van der Waals surface area (Å²) in [6.45, 7) is 1.91. The third-order valence-electron chi connectivity index (χ3n) is 0.592. The van der Waals surface area contributed by atoms with Crippen LogP contribution in [0.5, 0.6) is 0 Å². The fourth-order valence-corrected chi connectivity index (χ4v) is 0.257. The maximum Gasteiger partial charge on any atom is 0.206 e. The first-order chi connectivity index (χ1) is 3.68. The van der Waals surface area contributed by atoms with Crippen LogP contribution in [0.3, 0.4) is 0 Å². The van der Waals surface area contributed by atoms with Gasteiger partial charge in [0.25, 0.3) is 0 Å². The van der Waals surface area contributed by atoms with E-state index in [-0.39, 0.29) is 6.61 Å². The standard InChI is InChI=1S/C4H10O4/c1-2-8-4(7)3(5)6/h3-7H,2H2,1H3. The summed E-state index contributed by atoms with van der Waals surface area (Å²) in [7, 11) is 0. The molecular weight excluding hydrogens is 112 g/mol. The maximum atomic E-state index is 8.40. The number of rotatable bonds is 3. The van der Waals surface area contributed by atoms with Crippen LogP contribution in [0.1, 0.15) is 6.92 Å². The second kappa shape index (κ2) is 3.80. The van der Waals surface area contributed by atoms with Gasteiger partial charge in [-0.3, -0.25) is 0 Å². The highest BCUT2D eigenvalue weighted by atomic mass is 16.6. The van der Waals surface area contributed by atoms with Crippen LogP contribution >= 0.6 is 0 Å². The average molecular weight is 122 g/mol. The predicted octanol–water partition coefficient (Wildman–Crippen LogP) is -1.35. The van der Waals surface area contributed by atoms with Gasteiger partial charge in [0.05, 0.1) is 0 Å². The summed E-state index contributed by atoms with van der Waals surface area (Å²) in [5.74, 6) is 0. The lowest BCUT2D eigenvalue weighted by Gasteiger charge is -2.10. The van der Waals surface area contributed by atoms with Gasteiger partial charge in [0.15, 0.2) is 0 Å². The molecule has 0 aromatic heterocycles. The van der Waals surface area contributed by atoms with E-state index in [1.807, 2.05) is 0 Å². The fraction of sp³-hybridized carbons (Fsp3) is 1.00. The van der Waals surface area contributed by atoms with Crippen LogP contribution in [0.25, 0.3) is 0 Å². The van der Waals surface area contributed by atoms with Crippen LogP contribution in [0.4, 0.5) is 0 Å². The number of ether oxygens (including phenoxy) is 1. The summed E-state index contributed by atoms with van der Waals surface area (Å²) in [5, 5.41) is 24.7. The molecule has 0 aromatic rings. The Balaban J connectivity index is 3.17. The van der Waals surface area contributed by atoms with Crippen molar-refractivity contribution in [3.63, 3.8) is 0 Å². The molecule has 1 atom stereocenters. The summed E-state index contributed by atoms with van der Waals surface area (Å²) < 4.78 is 4.36. The topological polar surface area (TPSA) is 69.9 Å². The minimum Gasteiger partial charge on any atom is -0.364 e. The highest BCUT2D eigenvalue weighted by Gasteiger charge is 2.10. The Morgan fingerprint density at radius 3 is 2.00 bits per heavy atom. The third kappa shape index (κ3) is 2.92. The van der Waals surface area contributed by atoms with Crippen LogP contribution in [0.2, 0.25) is 0 Å². The average Bonchev–Trinajstić information content (AvgIpc) is 1.67. The van der Waals surface area contributed by atoms with E-state index < -0.39 is 12.6 Å². The molecule has 0 rings (SSSR count). The van der Waals surface area contributed by atoms with Gasteiger partial charge in [0, 0.05) is 6.61 Å². The molecule has 0 radical (unpaired) electrons. The zero-order valence-electron chi connectivity index (χ0n) is 4.61. The first-order valence-electron chi connectivity index (χ1n) is 2.34. The summed E-state index contributed by atoms with van der Waals surface area (Å²) in [6.07, 6.45) is -3.27. The molecule has 8 heavy (non-hydrogen) atoms. The summed E-state index contributed by atoms with van der Waals surface area (Å²) in [4.78, 5) is 0. The number of hydrogen-bond donors (Lipinski definition) is 3. The highest BCUT2D eigenvalue weighted by Crippen LogP contribution is 1.89. The molecule has 0 aliphatic rings. The van der Waals surface area contributed by atoms with E-state index in [0.29, 0.717) is 0 Å². The SMILES string of the molecule is CCOC(O)C(O)O. The first-order valence-corrected chi connectivity index (χ1v) is 2.34. The molecule has 0 bridgehead atoms. The van der Waals surface area contributed by atoms with Crippen molar-refractivity contribution in [2.24, 2.45) is 0 Å². The predicted molar refractivity (Wildman–Crippen MR) is 25.9 cm³/mol. The van der Waals surface area contributed by atoms with E-state index >= 15 is 0 Å². The Labute approximate surface area is 47.3 Å². The molecule has 4 heteroatoms. The zero-order chi connectivity index (χ0) is 6.57. The molecule has 3 N–H and O–H groups in total. The Morgan fingerprint density at radius 2 is 1.88 bits per heavy atom. The fourth-order valence-electron chi connectivity index (χ4n) is 0.257. The minimum atomic E-state index is -1.80. The number of aliphatic hydroxyl groups excluding tert-OH is 2. The molecule has 0 amide bonds. The van der Waals surface area contributed by atoms with Crippen molar-refractivity contribution < 1.29 is 20.1 Å². The van der Waals surface area contributed by atoms with Gasteiger partial charge in [-0.15, -0.1) is 0 Å². The first kappa shape index (κ1) is 7.84. The number of hydrogen-bond acceptors (Lipinski definition) is 4. The summed E-state index contributed by atoms with van der Waals surface area (Å²) in [6, 6.07) is 0. The molecular formula is C4H10O4. The quantitative estimate of drug-likeness (QED) is 0.405. The second-order valence-electron chi connectivity index (χ2n) is 1.26. The van der Waals surface area contributed by atoms with Crippen molar-refractivity contribution >= 4 is 0 Å². The van der Waals surface area contributed by atoms with Crippen molar-refractivity contribution in [3.8, 4) is 0 Å².